The molecule has 146 valence electrons. The number of nitrogens with one attached hydrogen (secondary N) is 2. The molecule has 1 amide bonds. The fourth-order valence-corrected chi connectivity index (χ4v) is 4.32. The molecule has 2 N–H and O–H groups in total. The van der Waals surface area contributed by atoms with Crippen LogP contribution >= 0.6 is 11.8 Å². The van der Waals surface area contributed by atoms with Crippen molar-refractivity contribution >= 4 is 17.7 Å². The first-order chi connectivity index (χ1) is 13.1. The third kappa shape index (κ3) is 5.73. The van der Waals surface area contributed by atoms with Crippen molar-refractivity contribution in [3.8, 4) is 0 Å². The summed E-state index contributed by atoms with van der Waals surface area (Å²) < 4.78 is 1.62. The molecule has 27 heavy (non-hydrogen) atoms. The van der Waals surface area contributed by atoms with E-state index in [0.717, 1.165) is 19.3 Å². The van der Waals surface area contributed by atoms with Gasteiger partial charge in [-0.3, -0.25) is 9.36 Å². The number of carbonyl (C=O) groups excluding carboxylic acids is 1. The van der Waals surface area contributed by atoms with Gasteiger partial charge in [-0.1, -0.05) is 67.8 Å². The molecule has 1 aliphatic rings. The molecule has 1 aliphatic carbocycles. The maximum atomic E-state index is 12.6. The number of aromatic amines is 1. The zero-order chi connectivity index (χ0) is 19.1. The molecule has 0 radical (unpaired) electrons. The zero-order valence-corrected chi connectivity index (χ0v) is 16.6. The summed E-state index contributed by atoms with van der Waals surface area (Å²) in [6.07, 6.45) is 7.77. The summed E-state index contributed by atoms with van der Waals surface area (Å²) in [7, 11) is 0. The number of aromatic nitrogens is 3. The van der Waals surface area contributed by atoms with Crippen LogP contribution in [0.5, 0.6) is 0 Å². The van der Waals surface area contributed by atoms with Crippen molar-refractivity contribution in [1.29, 1.82) is 0 Å². The van der Waals surface area contributed by atoms with E-state index in [1.165, 1.54) is 43.0 Å². The van der Waals surface area contributed by atoms with Gasteiger partial charge in [0.1, 0.15) is 0 Å². The number of hydrogen-bond acceptors (Lipinski definition) is 4. The molecule has 3 rings (SSSR count). The quantitative estimate of drug-likeness (QED) is 0.564. The highest BCUT2D eigenvalue weighted by Gasteiger charge is 2.22. The fourth-order valence-electron chi connectivity index (χ4n) is 3.43. The van der Waals surface area contributed by atoms with E-state index in [-0.39, 0.29) is 22.9 Å². The molecule has 1 fully saturated rings. The molecule has 6 nitrogen and oxygen atoms in total. The monoisotopic (exact) mass is 388 g/mol. The van der Waals surface area contributed by atoms with E-state index in [0.29, 0.717) is 11.7 Å². The molecular weight excluding hydrogens is 360 g/mol. The van der Waals surface area contributed by atoms with E-state index in [9.17, 15) is 9.59 Å². The first kappa shape index (κ1) is 19.7. The molecule has 7 heteroatoms. The van der Waals surface area contributed by atoms with Crippen LogP contribution in [0.3, 0.4) is 0 Å². The maximum absolute atomic E-state index is 12.6. The standard InChI is InChI=1S/C20H28N4O2S/c1-15(18(25)21-17-11-7-2-3-8-12-17)27-20-23-22-19(26)24(20)14-13-16-9-5-4-6-10-16/h4-6,9-10,15,17H,2-3,7-8,11-14H2,1H3,(H,21,25)(H,22,26)/t15-/m0/s1. The van der Waals surface area contributed by atoms with Crippen LogP contribution in [0.25, 0.3) is 0 Å². The number of carbonyl (C=O) groups is 1. The summed E-state index contributed by atoms with van der Waals surface area (Å²) in [5.74, 6) is 0.0250. The van der Waals surface area contributed by atoms with Crippen LogP contribution in [0.15, 0.2) is 40.3 Å². The first-order valence-electron chi connectivity index (χ1n) is 9.79. The summed E-state index contributed by atoms with van der Waals surface area (Å²) in [5.41, 5.74) is 0.936. The average molecular weight is 389 g/mol. The van der Waals surface area contributed by atoms with Gasteiger partial charge in [0.05, 0.1) is 5.25 Å². The predicted molar refractivity (Wildman–Crippen MR) is 108 cm³/mol. The normalized spacial score (nSPS) is 16.6. The predicted octanol–water partition coefficient (Wildman–Crippen LogP) is 3.13. The number of thioether (sulfide) groups is 1. The number of hydrogen-bond donors (Lipinski definition) is 2. The van der Waals surface area contributed by atoms with Gasteiger partial charge < -0.3 is 5.32 Å². The molecule has 0 aliphatic heterocycles. The number of amides is 1. The Morgan fingerprint density at radius 1 is 1.26 bits per heavy atom. The Bertz CT molecular complexity index is 779. The van der Waals surface area contributed by atoms with Crippen LogP contribution in [-0.4, -0.2) is 32.0 Å². The highest BCUT2D eigenvalue weighted by Crippen LogP contribution is 2.22. The largest absolute Gasteiger partial charge is 0.352 e. The minimum atomic E-state index is -0.293. The third-order valence-corrected chi connectivity index (χ3v) is 6.13. The van der Waals surface area contributed by atoms with Crippen LogP contribution in [0.4, 0.5) is 0 Å². The van der Waals surface area contributed by atoms with Gasteiger partial charge in [-0.25, -0.2) is 9.89 Å². The Labute approximate surface area is 164 Å². The van der Waals surface area contributed by atoms with Crippen molar-refractivity contribution < 1.29 is 4.79 Å². The summed E-state index contributed by atoms with van der Waals surface area (Å²) >= 11 is 1.34. The van der Waals surface area contributed by atoms with E-state index in [1.807, 2.05) is 37.3 Å². The lowest BCUT2D eigenvalue weighted by Crippen LogP contribution is -2.39. The molecule has 0 saturated heterocycles. The van der Waals surface area contributed by atoms with E-state index in [4.69, 9.17) is 0 Å². The van der Waals surface area contributed by atoms with Crippen LogP contribution < -0.4 is 11.0 Å². The number of benzene rings is 1. The number of H-pyrrole nitrogens is 1. The van der Waals surface area contributed by atoms with Crippen molar-refractivity contribution in [3.05, 3.63) is 46.4 Å². The maximum Gasteiger partial charge on any atom is 0.343 e. The second kappa shape index (κ2) is 9.78. The van der Waals surface area contributed by atoms with Crippen LogP contribution in [0, 0.1) is 0 Å². The summed E-state index contributed by atoms with van der Waals surface area (Å²) in [6.45, 7) is 2.41. The summed E-state index contributed by atoms with van der Waals surface area (Å²) in [5, 5.41) is 10.1. The molecule has 1 heterocycles. The van der Waals surface area contributed by atoms with E-state index in [2.05, 4.69) is 15.5 Å². The molecular formula is C20H28N4O2S. The lowest BCUT2D eigenvalue weighted by Gasteiger charge is -2.19. The molecule has 1 aromatic heterocycles. The minimum absolute atomic E-state index is 0.0250. The Morgan fingerprint density at radius 3 is 2.67 bits per heavy atom. The second-order valence-corrected chi connectivity index (χ2v) is 8.46. The molecule has 0 bridgehead atoms. The zero-order valence-electron chi connectivity index (χ0n) is 15.8. The molecule has 1 saturated carbocycles. The average Bonchev–Trinajstić information content (AvgIpc) is 2.86. The molecule has 1 aromatic carbocycles. The van der Waals surface area contributed by atoms with Crippen LogP contribution in [-0.2, 0) is 17.8 Å². The summed E-state index contributed by atoms with van der Waals surface area (Å²) in [6, 6.07) is 10.3. The Balaban J connectivity index is 1.58. The summed E-state index contributed by atoms with van der Waals surface area (Å²) in [4.78, 5) is 24.7. The highest BCUT2D eigenvalue weighted by atomic mass is 32.2. The van der Waals surface area contributed by atoms with Gasteiger partial charge in [0.25, 0.3) is 0 Å². The van der Waals surface area contributed by atoms with Crippen molar-refractivity contribution in [2.24, 2.45) is 0 Å². The van der Waals surface area contributed by atoms with Crippen molar-refractivity contribution in [2.45, 2.75) is 74.9 Å². The van der Waals surface area contributed by atoms with Crippen LogP contribution in [0.1, 0.15) is 51.0 Å². The first-order valence-corrected chi connectivity index (χ1v) is 10.7. The van der Waals surface area contributed by atoms with Gasteiger partial charge in [-0.15, -0.1) is 5.10 Å². The smallest absolute Gasteiger partial charge is 0.343 e. The lowest BCUT2D eigenvalue weighted by atomic mass is 10.1. The number of aryl methyl sites for hydroxylation is 1. The van der Waals surface area contributed by atoms with Crippen LogP contribution in [0.2, 0.25) is 0 Å². The van der Waals surface area contributed by atoms with Crippen molar-refractivity contribution in [2.75, 3.05) is 0 Å². The van der Waals surface area contributed by atoms with E-state index < -0.39 is 0 Å². The number of rotatable bonds is 7. The van der Waals surface area contributed by atoms with Gasteiger partial charge in [0, 0.05) is 12.6 Å². The van der Waals surface area contributed by atoms with Gasteiger partial charge >= 0.3 is 5.69 Å². The van der Waals surface area contributed by atoms with Crippen molar-refractivity contribution in [1.82, 2.24) is 20.1 Å². The third-order valence-electron chi connectivity index (χ3n) is 5.04. The van der Waals surface area contributed by atoms with E-state index in [1.54, 1.807) is 4.57 Å². The molecule has 2 aromatic rings. The highest BCUT2D eigenvalue weighted by molar-refractivity contribution is 8.00. The Hall–Kier alpha value is -2.02. The van der Waals surface area contributed by atoms with Gasteiger partial charge in [-0.2, -0.15) is 0 Å². The SMILES string of the molecule is C[C@H](Sc1n[nH]c(=O)n1CCc1ccccc1)C(=O)NC1CCCCCC1. The number of nitrogens with zero attached hydrogens (tertiary/aromatic N) is 2. The molecule has 0 spiro atoms. The van der Waals surface area contributed by atoms with Gasteiger partial charge in [0.2, 0.25) is 5.91 Å². The Kier molecular flexibility index (Phi) is 7.15. The second-order valence-electron chi connectivity index (χ2n) is 7.16. The van der Waals surface area contributed by atoms with Gasteiger partial charge in [0.15, 0.2) is 5.16 Å². The Morgan fingerprint density at radius 2 is 1.96 bits per heavy atom. The lowest BCUT2D eigenvalue weighted by molar-refractivity contribution is -0.121. The topological polar surface area (TPSA) is 79.8 Å². The van der Waals surface area contributed by atoms with Crippen molar-refractivity contribution in [3.63, 3.8) is 0 Å². The van der Waals surface area contributed by atoms with Gasteiger partial charge in [-0.05, 0) is 31.7 Å². The molecule has 1 atom stereocenters. The fraction of sp³-hybridized carbons (Fsp3) is 0.550. The van der Waals surface area contributed by atoms with E-state index >= 15 is 0 Å². The minimum Gasteiger partial charge on any atom is -0.352 e. The molecule has 0 unspecified atom stereocenters.